The van der Waals surface area contributed by atoms with E-state index in [2.05, 4.69) is 5.32 Å². The molecular formula is C24H29Cl2N3O6S. The first-order chi connectivity index (χ1) is 17.0. The van der Waals surface area contributed by atoms with Crippen LogP contribution in [0.1, 0.15) is 25.8 Å². The van der Waals surface area contributed by atoms with Crippen LogP contribution in [0.4, 0.5) is 5.69 Å². The van der Waals surface area contributed by atoms with Gasteiger partial charge in [0.15, 0.2) is 11.5 Å². The minimum absolute atomic E-state index is 0.0230. The third kappa shape index (κ3) is 6.96. The molecule has 2 amide bonds. The number of halogens is 2. The molecule has 1 aliphatic heterocycles. The van der Waals surface area contributed by atoms with Crippen LogP contribution in [0.25, 0.3) is 0 Å². The SMILES string of the molecule is CCCNC(=O)C(C)N(Cc1ccc(Cl)c(Cl)c1)C(=O)CN(c1ccc2c(c1)OCCO2)S(C)(=O)=O. The normalized spacial score (nSPS) is 13.6. The Balaban J connectivity index is 1.92. The molecule has 1 N–H and O–H groups in total. The van der Waals surface area contributed by atoms with Crippen LogP contribution in [-0.4, -0.2) is 63.7 Å². The molecule has 1 heterocycles. The molecule has 0 aromatic heterocycles. The van der Waals surface area contributed by atoms with Crippen LogP contribution in [0.3, 0.4) is 0 Å². The zero-order valence-corrected chi connectivity index (χ0v) is 22.6. The van der Waals surface area contributed by atoms with E-state index in [1.165, 1.54) is 11.0 Å². The number of nitrogens with one attached hydrogen (secondary N) is 1. The number of hydrogen-bond acceptors (Lipinski definition) is 6. The molecule has 12 heteroatoms. The average Bonchev–Trinajstić information content (AvgIpc) is 2.84. The molecule has 1 aliphatic rings. The van der Waals surface area contributed by atoms with Crippen LogP contribution in [0.5, 0.6) is 11.5 Å². The molecule has 3 rings (SSSR count). The topological polar surface area (TPSA) is 105 Å². The molecule has 0 bridgehead atoms. The molecule has 1 unspecified atom stereocenters. The lowest BCUT2D eigenvalue weighted by Crippen LogP contribution is -2.51. The van der Waals surface area contributed by atoms with Crippen molar-refractivity contribution in [2.75, 3.05) is 36.9 Å². The zero-order valence-electron chi connectivity index (χ0n) is 20.3. The quantitative estimate of drug-likeness (QED) is 0.479. The van der Waals surface area contributed by atoms with Gasteiger partial charge in [-0.3, -0.25) is 13.9 Å². The summed E-state index contributed by atoms with van der Waals surface area (Å²) < 4.78 is 37.5. The summed E-state index contributed by atoms with van der Waals surface area (Å²) in [7, 11) is -3.87. The second-order valence-electron chi connectivity index (χ2n) is 8.33. The lowest BCUT2D eigenvalue weighted by atomic mass is 10.1. The van der Waals surface area contributed by atoms with Crippen molar-refractivity contribution in [3.8, 4) is 11.5 Å². The van der Waals surface area contributed by atoms with Crippen LogP contribution < -0.4 is 19.1 Å². The lowest BCUT2D eigenvalue weighted by molar-refractivity contribution is -0.139. The third-order valence-corrected chi connectivity index (χ3v) is 7.43. The Bertz CT molecular complexity index is 1220. The molecule has 1 atom stereocenters. The van der Waals surface area contributed by atoms with Gasteiger partial charge in [0.2, 0.25) is 21.8 Å². The van der Waals surface area contributed by atoms with E-state index >= 15 is 0 Å². The maximum Gasteiger partial charge on any atom is 0.244 e. The number of carbonyl (C=O) groups is 2. The number of carbonyl (C=O) groups excluding carboxylic acids is 2. The summed E-state index contributed by atoms with van der Waals surface area (Å²) in [6.45, 7) is 4.18. The van der Waals surface area contributed by atoms with Crippen molar-refractivity contribution < 1.29 is 27.5 Å². The van der Waals surface area contributed by atoms with E-state index in [4.69, 9.17) is 32.7 Å². The molecule has 196 valence electrons. The first-order valence-electron chi connectivity index (χ1n) is 11.4. The molecular weight excluding hydrogens is 529 g/mol. The maximum atomic E-state index is 13.6. The van der Waals surface area contributed by atoms with Crippen molar-refractivity contribution >= 4 is 50.7 Å². The molecule has 0 saturated carbocycles. The Labute approximate surface area is 221 Å². The van der Waals surface area contributed by atoms with Crippen LogP contribution >= 0.6 is 23.2 Å². The van der Waals surface area contributed by atoms with E-state index in [-0.39, 0.29) is 18.1 Å². The molecule has 0 radical (unpaired) electrons. The standard InChI is InChI=1S/C24H29Cl2N3O6S/c1-4-9-27-24(31)16(2)28(14-17-5-7-19(25)20(26)12-17)23(30)15-29(36(3,32)33)18-6-8-21-22(13-18)35-11-10-34-21/h5-8,12-13,16H,4,9-11,14-15H2,1-3H3,(H,27,31). The van der Waals surface area contributed by atoms with Gasteiger partial charge in [-0.15, -0.1) is 0 Å². The summed E-state index contributed by atoms with van der Waals surface area (Å²) in [4.78, 5) is 27.6. The van der Waals surface area contributed by atoms with Crippen molar-refractivity contribution in [3.05, 3.63) is 52.0 Å². The Kier molecular flexibility index (Phi) is 9.32. The molecule has 36 heavy (non-hydrogen) atoms. The van der Waals surface area contributed by atoms with Crippen LogP contribution in [0.2, 0.25) is 10.0 Å². The smallest absolute Gasteiger partial charge is 0.244 e. The number of rotatable bonds is 10. The summed E-state index contributed by atoms with van der Waals surface area (Å²) in [5, 5.41) is 3.44. The van der Waals surface area contributed by atoms with E-state index in [9.17, 15) is 18.0 Å². The van der Waals surface area contributed by atoms with E-state index in [1.807, 2.05) is 6.92 Å². The van der Waals surface area contributed by atoms with E-state index in [0.717, 1.165) is 17.0 Å². The number of sulfonamides is 1. The number of anilines is 1. The van der Waals surface area contributed by atoms with Gasteiger partial charge in [-0.2, -0.15) is 0 Å². The van der Waals surface area contributed by atoms with Gasteiger partial charge in [-0.05, 0) is 43.2 Å². The van der Waals surface area contributed by atoms with Crippen LogP contribution in [-0.2, 0) is 26.2 Å². The van der Waals surface area contributed by atoms with Crippen LogP contribution in [0.15, 0.2) is 36.4 Å². The van der Waals surface area contributed by atoms with E-state index in [0.29, 0.717) is 46.9 Å². The summed E-state index contributed by atoms with van der Waals surface area (Å²) in [5.74, 6) is -0.0388. The second kappa shape index (κ2) is 12.0. The van der Waals surface area contributed by atoms with Gasteiger partial charge < -0.3 is 19.7 Å². The Hall–Kier alpha value is -2.69. The largest absolute Gasteiger partial charge is 0.486 e. The summed E-state index contributed by atoms with van der Waals surface area (Å²) in [5.41, 5.74) is 0.880. The lowest BCUT2D eigenvalue weighted by Gasteiger charge is -2.32. The predicted octanol–water partition coefficient (Wildman–Crippen LogP) is 3.47. The minimum Gasteiger partial charge on any atom is -0.486 e. The first-order valence-corrected chi connectivity index (χ1v) is 14.0. The third-order valence-electron chi connectivity index (χ3n) is 5.55. The average molecular weight is 558 g/mol. The van der Waals surface area contributed by atoms with Gasteiger partial charge in [0, 0.05) is 19.2 Å². The highest BCUT2D eigenvalue weighted by Crippen LogP contribution is 2.34. The Morgan fingerprint density at radius 1 is 1.06 bits per heavy atom. The van der Waals surface area contributed by atoms with Crippen molar-refractivity contribution in [1.82, 2.24) is 10.2 Å². The zero-order chi connectivity index (χ0) is 26.5. The van der Waals surface area contributed by atoms with E-state index < -0.39 is 28.5 Å². The molecule has 2 aromatic carbocycles. The van der Waals surface area contributed by atoms with Crippen molar-refractivity contribution in [1.29, 1.82) is 0 Å². The number of ether oxygens (including phenoxy) is 2. The summed E-state index contributed by atoms with van der Waals surface area (Å²) in [6, 6.07) is 8.69. The number of nitrogens with zero attached hydrogens (tertiary/aromatic N) is 2. The number of benzene rings is 2. The fourth-order valence-corrected chi connectivity index (χ4v) is 4.78. The van der Waals surface area contributed by atoms with Gasteiger partial charge in [0.05, 0.1) is 22.0 Å². The van der Waals surface area contributed by atoms with Crippen molar-refractivity contribution in [2.45, 2.75) is 32.9 Å². The highest BCUT2D eigenvalue weighted by molar-refractivity contribution is 7.92. The maximum absolute atomic E-state index is 13.6. The van der Waals surface area contributed by atoms with Gasteiger partial charge in [0.1, 0.15) is 25.8 Å². The number of amides is 2. The first kappa shape index (κ1) is 27.9. The fourth-order valence-electron chi connectivity index (χ4n) is 3.61. The molecule has 9 nitrogen and oxygen atoms in total. The van der Waals surface area contributed by atoms with Gasteiger partial charge in [-0.1, -0.05) is 36.2 Å². The second-order valence-corrected chi connectivity index (χ2v) is 11.1. The monoisotopic (exact) mass is 557 g/mol. The van der Waals surface area contributed by atoms with Crippen molar-refractivity contribution in [3.63, 3.8) is 0 Å². The van der Waals surface area contributed by atoms with Gasteiger partial charge >= 0.3 is 0 Å². The van der Waals surface area contributed by atoms with Crippen molar-refractivity contribution in [2.24, 2.45) is 0 Å². The molecule has 0 fully saturated rings. The number of hydrogen-bond donors (Lipinski definition) is 1. The summed E-state index contributed by atoms with van der Waals surface area (Å²) >= 11 is 12.2. The highest BCUT2D eigenvalue weighted by atomic mass is 35.5. The predicted molar refractivity (Wildman–Crippen MR) is 139 cm³/mol. The molecule has 0 aliphatic carbocycles. The minimum atomic E-state index is -3.87. The van der Waals surface area contributed by atoms with Gasteiger partial charge in [0.25, 0.3) is 0 Å². The molecule has 0 saturated heterocycles. The summed E-state index contributed by atoms with van der Waals surface area (Å²) in [6.07, 6.45) is 1.74. The van der Waals surface area contributed by atoms with Crippen LogP contribution in [0, 0.1) is 0 Å². The Morgan fingerprint density at radius 2 is 1.75 bits per heavy atom. The Morgan fingerprint density at radius 3 is 2.39 bits per heavy atom. The van der Waals surface area contributed by atoms with E-state index in [1.54, 1.807) is 37.3 Å². The number of fused-ring (bicyclic) bond motifs is 1. The van der Waals surface area contributed by atoms with Gasteiger partial charge in [-0.25, -0.2) is 8.42 Å². The highest BCUT2D eigenvalue weighted by Gasteiger charge is 2.30. The molecule has 2 aromatic rings. The molecule has 0 spiro atoms. The fraction of sp³-hybridized carbons (Fsp3) is 0.417.